The van der Waals surface area contributed by atoms with Gasteiger partial charge < -0.3 is 0 Å². The number of thiazole rings is 1. The maximum Gasteiger partial charge on any atom is 0.208 e. The van der Waals surface area contributed by atoms with Crippen LogP contribution in [-0.2, 0) is 5.75 Å². The Bertz CT molecular complexity index is 787. The minimum atomic E-state index is 0.367. The Morgan fingerprint density at radius 2 is 1.79 bits per heavy atom. The molecular weight excluding hydrogens is 336 g/mol. The molecule has 4 nitrogen and oxygen atoms in total. The molecule has 0 atom stereocenters. The van der Waals surface area contributed by atoms with E-state index < -0.39 is 0 Å². The molecule has 0 aliphatic heterocycles. The molecule has 3 rings (SSSR count). The highest BCUT2D eigenvalue weighted by Crippen LogP contribution is 2.28. The van der Waals surface area contributed by atoms with Crippen LogP contribution in [-0.4, -0.2) is 20.2 Å². The SMILES string of the molecule is CC(C)c1ccc(-c2nc(CSc3n[nH]c(C(C)C)n3)cs2)cc1. The molecule has 126 valence electrons. The molecule has 0 fully saturated rings. The second-order valence-corrected chi connectivity index (χ2v) is 8.17. The number of nitrogens with zero attached hydrogens (tertiary/aromatic N) is 3. The maximum atomic E-state index is 4.74. The van der Waals surface area contributed by atoms with Gasteiger partial charge in [0.1, 0.15) is 10.8 Å². The molecule has 1 N–H and O–H groups in total. The summed E-state index contributed by atoms with van der Waals surface area (Å²) in [6.07, 6.45) is 0. The second-order valence-electron chi connectivity index (χ2n) is 6.37. The third-order valence-electron chi connectivity index (χ3n) is 3.75. The van der Waals surface area contributed by atoms with Crippen molar-refractivity contribution < 1.29 is 0 Å². The Morgan fingerprint density at radius 3 is 2.42 bits per heavy atom. The number of aromatic amines is 1. The fraction of sp³-hybridized carbons (Fsp3) is 0.389. The van der Waals surface area contributed by atoms with Crippen molar-refractivity contribution in [1.29, 1.82) is 0 Å². The highest BCUT2D eigenvalue weighted by Gasteiger charge is 2.10. The molecule has 0 amide bonds. The van der Waals surface area contributed by atoms with E-state index in [0.29, 0.717) is 11.8 Å². The van der Waals surface area contributed by atoms with Crippen molar-refractivity contribution in [1.82, 2.24) is 20.2 Å². The van der Waals surface area contributed by atoms with Crippen molar-refractivity contribution in [2.45, 2.75) is 50.4 Å². The predicted octanol–water partition coefficient (Wildman–Crippen LogP) is 5.47. The summed E-state index contributed by atoms with van der Waals surface area (Å²) < 4.78 is 0. The smallest absolute Gasteiger partial charge is 0.208 e. The number of aromatic nitrogens is 4. The van der Waals surface area contributed by atoms with Crippen molar-refractivity contribution in [3.05, 3.63) is 46.7 Å². The highest BCUT2D eigenvalue weighted by atomic mass is 32.2. The van der Waals surface area contributed by atoms with Gasteiger partial charge >= 0.3 is 0 Å². The number of rotatable bonds is 6. The van der Waals surface area contributed by atoms with Crippen LogP contribution >= 0.6 is 23.1 Å². The van der Waals surface area contributed by atoms with Crippen LogP contribution in [0.15, 0.2) is 34.8 Å². The number of hydrogen-bond donors (Lipinski definition) is 1. The van der Waals surface area contributed by atoms with E-state index in [9.17, 15) is 0 Å². The molecule has 3 aromatic rings. The summed E-state index contributed by atoms with van der Waals surface area (Å²) in [5.41, 5.74) is 3.61. The zero-order valence-corrected chi connectivity index (χ0v) is 16.0. The van der Waals surface area contributed by atoms with E-state index in [0.717, 1.165) is 27.4 Å². The molecule has 1 aromatic carbocycles. The molecule has 6 heteroatoms. The van der Waals surface area contributed by atoms with Crippen LogP contribution in [0.5, 0.6) is 0 Å². The van der Waals surface area contributed by atoms with Crippen LogP contribution in [0.2, 0.25) is 0 Å². The van der Waals surface area contributed by atoms with Gasteiger partial charge in [0.25, 0.3) is 0 Å². The van der Waals surface area contributed by atoms with Crippen molar-refractivity contribution >= 4 is 23.1 Å². The first-order valence-corrected chi connectivity index (χ1v) is 9.99. The molecular formula is C18H22N4S2. The lowest BCUT2D eigenvalue weighted by Crippen LogP contribution is -1.89. The number of hydrogen-bond acceptors (Lipinski definition) is 5. The fourth-order valence-electron chi connectivity index (χ4n) is 2.24. The Labute approximate surface area is 151 Å². The monoisotopic (exact) mass is 358 g/mol. The van der Waals surface area contributed by atoms with Crippen molar-refractivity contribution in [3.63, 3.8) is 0 Å². The molecule has 0 radical (unpaired) electrons. The third kappa shape index (κ3) is 4.05. The van der Waals surface area contributed by atoms with Crippen molar-refractivity contribution in [2.24, 2.45) is 0 Å². The first-order chi connectivity index (χ1) is 11.5. The normalized spacial score (nSPS) is 11.6. The van der Waals surface area contributed by atoms with Crippen molar-refractivity contribution in [2.75, 3.05) is 0 Å². The van der Waals surface area contributed by atoms with Gasteiger partial charge in [-0.25, -0.2) is 9.97 Å². The van der Waals surface area contributed by atoms with E-state index in [1.807, 2.05) is 0 Å². The molecule has 0 saturated carbocycles. The molecule has 24 heavy (non-hydrogen) atoms. The van der Waals surface area contributed by atoms with E-state index in [4.69, 9.17) is 4.98 Å². The summed E-state index contributed by atoms with van der Waals surface area (Å²) in [6, 6.07) is 8.71. The fourth-order valence-corrected chi connectivity index (χ4v) is 3.87. The van der Waals surface area contributed by atoms with Gasteiger partial charge in [0.2, 0.25) is 5.16 Å². The summed E-state index contributed by atoms with van der Waals surface area (Å²) >= 11 is 3.31. The zero-order chi connectivity index (χ0) is 17.1. The first kappa shape index (κ1) is 17.2. The lowest BCUT2D eigenvalue weighted by atomic mass is 10.0. The molecule has 0 saturated heterocycles. The number of benzene rings is 1. The number of thioether (sulfide) groups is 1. The topological polar surface area (TPSA) is 54.5 Å². The van der Waals surface area contributed by atoms with Gasteiger partial charge in [0, 0.05) is 22.6 Å². The lowest BCUT2D eigenvalue weighted by molar-refractivity contribution is 0.780. The van der Waals surface area contributed by atoms with Gasteiger partial charge in [-0.15, -0.1) is 16.4 Å². The molecule has 0 aliphatic carbocycles. The van der Waals surface area contributed by atoms with E-state index in [1.54, 1.807) is 23.1 Å². The summed E-state index contributed by atoms with van der Waals surface area (Å²) in [4.78, 5) is 9.23. The van der Waals surface area contributed by atoms with Crippen LogP contribution in [0, 0.1) is 0 Å². The minimum Gasteiger partial charge on any atom is -0.262 e. The summed E-state index contributed by atoms with van der Waals surface area (Å²) in [5.74, 6) is 2.64. The van der Waals surface area contributed by atoms with E-state index in [2.05, 4.69) is 72.5 Å². The predicted molar refractivity (Wildman–Crippen MR) is 102 cm³/mol. The van der Waals surface area contributed by atoms with Gasteiger partial charge in [0.15, 0.2) is 0 Å². The van der Waals surface area contributed by atoms with Crippen LogP contribution < -0.4 is 0 Å². The number of H-pyrrole nitrogens is 1. The van der Waals surface area contributed by atoms with E-state index in [1.165, 1.54) is 11.1 Å². The maximum absolute atomic E-state index is 4.74. The van der Waals surface area contributed by atoms with Crippen LogP contribution in [0.25, 0.3) is 10.6 Å². The summed E-state index contributed by atoms with van der Waals surface area (Å²) in [7, 11) is 0. The Balaban J connectivity index is 1.64. The molecule has 0 unspecified atom stereocenters. The Morgan fingerprint density at radius 1 is 1.04 bits per heavy atom. The van der Waals surface area contributed by atoms with Crippen molar-refractivity contribution in [3.8, 4) is 10.6 Å². The molecule has 0 spiro atoms. The molecule has 2 aromatic heterocycles. The van der Waals surface area contributed by atoms with E-state index >= 15 is 0 Å². The van der Waals surface area contributed by atoms with Crippen LogP contribution in [0.4, 0.5) is 0 Å². The van der Waals surface area contributed by atoms with Gasteiger partial charge in [-0.3, -0.25) is 5.10 Å². The van der Waals surface area contributed by atoms with E-state index in [-0.39, 0.29) is 0 Å². The number of nitrogens with one attached hydrogen (secondary N) is 1. The average molecular weight is 359 g/mol. The lowest BCUT2D eigenvalue weighted by Gasteiger charge is -2.05. The van der Waals surface area contributed by atoms with Crippen LogP contribution in [0.1, 0.15) is 56.6 Å². The Hall–Kier alpha value is -1.66. The second kappa shape index (κ2) is 7.49. The van der Waals surface area contributed by atoms with Gasteiger partial charge in [-0.05, 0) is 11.5 Å². The van der Waals surface area contributed by atoms with Gasteiger partial charge in [-0.2, -0.15) is 0 Å². The van der Waals surface area contributed by atoms with Crippen LogP contribution in [0.3, 0.4) is 0 Å². The summed E-state index contributed by atoms with van der Waals surface area (Å²) in [6.45, 7) is 8.63. The highest BCUT2D eigenvalue weighted by molar-refractivity contribution is 7.98. The van der Waals surface area contributed by atoms with Gasteiger partial charge in [-0.1, -0.05) is 63.7 Å². The quantitative estimate of drug-likeness (QED) is 0.594. The minimum absolute atomic E-state index is 0.367. The molecule has 2 heterocycles. The third-order valence-corrected chi connectivity index (χ3v) is 5.58. The van der Waals surface area contributed by atoms with Gasteiger partial charge in [0.05, 0.1) is 5.69 Å². The molecule has 0 bridgehead atoms. The average Bonchev–Trinajstić information content (AvgIpc) is 3.22. The standard InChI is InChI=1S/C18H22N4S2/c1-11(2)13-5-7-14(8-6-13)17-19-15(9-23-17)10-24-18-20-16(12(3)4)21-22-18/h5-9,11-12H,10H2,1-4H3,(H,20,21,22). The first-order valence-electron chi connectivity index (χ1n) is 8.12. The molecule has 0 aliphatic rings. The summed E-state index contributed by atoms with van der Waals surface area (Å²) in [5, 5.41) is 11.2. The zero-order valence-electron chi connectivity index (χ0n) is 14.4. The Kier molecular flexibility index (Phi) is 5.36. The largest absolute Gasteiger partial charge is 0.262 e.